The second kappa shape index (κ2) is 12.8. The third-order valence-electron chi connectivity index (χ3n) is 3.08. The minimum Gasteiger partial charge on any atom is -0.481 e. The number of rotatable bonds is 15. The molecule has 10 nitrogen and oxygen atoms in total. The average Bonchev–Trinajstić information content (AvgIpc) is 2.45. The molecule has 10 heteroatoms. The van der Waals surface area contributed by atoms with Gasteiger partial charge in [-0.25, -0.2) is 0 Å². The van der Waals surface area contributed by atoms with E-state index in [1.165, 1.54) is 4.90 Å². The highest BCUT2D eigenvalue weighted by atomic mass is 16.4. The molecule has 23 heavy (non-hydrogen) atoms. The van der Waals surface area contributed by atoms with Gasteiger partial charge in [-0.05, 0) is 0 Å². The first-order valence-corrected chi connectivity index (χ1v) is 7.40. The molecule has 0 radical (unpaired) electrons. The monoisotopic (exact) mass is 334 g/mol. The van der Waals surface area contributed by atoms with Crippen LogP contribution < -0.4 is 16.4 Å². The molecule has 0 amide bonds. The summed E-state index contributed by atoms with van der Waals surface area (Å²) in [6, 6.07) is -1.11. The van der Waals surface area contributed by atoms with Gasteiger partial charge in [0.15, 0.2) is 0 Å². The van der Waals surface area contributed by atoms with Crippen LogP contribution in [-0.4, -0.2) is 90.0 Å². The van der Waals surface area contributed by atoms with E-state index in [0.29, 0.717) is 39.3 Å². The van der Waals surface area contributed by atoms with Gasteiger partial charge in [0.1, 0.15) is 6.04 Å². The van der Waals surface area contributed by atoms with Crippen molar-refractivity contribution in [2.75, 3.05) is 45.8 Å². The number of nitrogens with one attached hydrogen (secondary N) is 2. The predicted molar refractivity (Wildman–Crippen MR) is 82.3 cm³/mol. The largest absolute Gasteiger partial charge is 0.481 e. The lowest BCUT2D eigenvalue weighted by Gasteiger charge is -2.27. The number of hydrogen-bond donors (Lipinski definition) is 6. The van der Waals surface area contributed by atoms with Gasteiger partial charge in [0.05, 0.1) is 12.8 Å². The highest BCUT2D eigenvalue weighted by Crippen LogP contribution is 2.04. The number of aliphatic carboxylic acids is 3. The summed E-state index contributed by atoms with van der Waals surface area (Å²) in [5.74, 6) is -3.22. The zero-order valence-corrected chi connectivity index (χ0v) is 13.0. The third kappa shape index (κ3) is 11.5. The number of hydrogen-bond acceptors (Lipinski definition) is 7. The normalized spacial score (nSPS) is 12.3. The number of carboxylic acids is 3. The summed E-state index contributed by atoms with van der Waals surface area (Å²) < 4.78 is 0. The van der Waals surface area contributed by atoms with Crippen LogP contribution >= 0.6 is 0 Å². The van der Waals surface area contributed by atoms with Crippen LogP contribution in [0.2, 0.25) is 0 Å². The standard InChI is InChI=1S/C13H26N4O6/c14-2-7-17(10(13(22)23)9-12(20)21)8-6-16-5-4-15-3-1-11(18)19/h10,15-16H,1-9,14H2,(H,18,19)(H,20,21)(H,22,23). The molecule has 0 heterocycles. The van der Waals surface area contributed by atoms with E-state index in [-0.39, 0.29) is 13.0 Å². The summed E-state index contributed by atoms with van der Waals surface area (Å²) in [6.45, 7) is 2.92. The van der Waals surface area contributed by atoms with Crippen LogP contribution in [0.4, 0.5) is 0 Å². The molecule has 0 rings (SSSR count). The molecule has 0 saturated carbocycles. The fraction of sp³-hybridized carbons (Fsp3) is 0.769. The molecule has 0 fully saturated rings. The van der Waals surface area contributed by atoms with E-state index >= 15 is 0 Å². The van der Waals surface area contributed by atoms with Crippen molar-refractivity contribution in [2.45, 2.75) is 18.9 Å². The van der Waals surface area contributed by atoms with E-state index in [1.807, 2.05) is 0 Å². The molecule has 1 atom stereocenters. The van der Waals surface area contributed by atoms with Crippen molar-refractivity contribution in [3.63, 3.8) is 0 Å². The third-order valence-corrected chi connectivity index (χ3v) is 3.08. The summed E-state index contributed by atoms with van der Waals surface area (Å²) in [6.07, 6.45) is -0.425. The Morgan fingerprint density at radius 2 is 1.52 bits per heavy atom. The lowest BCUT2D eigenvalue weighted by molar-refractivity contribution is -0.149. The van der Waals surface area contributed by atoms with Gasteiger partial charge in [-0.2, -0.15) is 0 Å². The van der Waals surface area contributed by atoms with Gasteiger partial charge < -0.3 is 31.7 Å². The molecule has 0 bridgehead atoms. The van der Waals surface area contributed by atoms with Crippen LogP contribution in [0.15, 0.2) is 0 Å². The van der Waals surface area contributed by atoms with Crippen molar-refractivity contribution >= 4 is 17.9 Å². The average molecular weight is 334 g/mol. The maximum atomic E-state index is 11.2. The van der Waals surface area contributed by atoms with Crippen molar-refractivity contribution in [1.82, 2.24) is 15.5 Å². The van der Waals surface area contributed by atoms with Crippen molar-refractivity contribution in [3.8, 4) is 0 Å². The van der Waals surface area contributed by atoms with E-state index in [0.717, 1.165) is 0 Å². The molecule has 0 aliphatic carbocycles. The zero-order chi connectivity index (χ0) is 17.7. The molecule has 0 spiro atoms. The SMILES string of the molecule is NCCN(CCNCCNCCC(=O)O)C(CC(=O)O)C(=O)O. The van der Waals surface area contributed by atoms with Crippen molar-refractivity contribution in [2.24, 2.45) is 5.73 Å². The van der Waals surface area contributed by atoms with Gasteiger partial charge in [-0.3, -0.25) is 19.3 Å². The number of carbonyl (C=O) groups is 3. The summed E-state index contributed by atoms with van der Waals surface area (Å²) in [7, 11) is 0. The zero-order valence-electron chi connectivity index (χ0n) is 13.0. The topological polar surface area (TPSA) is 165 Å². The summed E-state index contributed by atoms with van der Waals surface area (Å²) >= 11 is 0. The number of nitrogens with two attached hydrogens (primary N) is 1. The van der Waals surface area contributed by atoms with Gasteiger partial charge in [-0.1, -0.05) is 0 Å². The van der Waals surface area contributed by atoms with E-state index in [1.54, 1.807) is 0 Å². The molecule has 0 aromatic carbocycles. The van der Waals surface area contributed by atoms with Gasteiger partial charge in [-0.15, -0.1) is 0 Å². The van der Waals surface area contributed by atoms with E-state index in [9.17, 15) is 14.4 Å². The Balaban J connectivity index is 4.05. The second-order valence-corrected chi connectivity index (χ2v) is 4.92. The first kappa shape index (κ1) is 21.2. The second-order valence-electron chi connectivity index (χ2n) is 4.92. The Labute approximate surface area is 134 Å². The molecule has 7 N–H and O–H groups in total. The minimum atomic E-state index is -1.18. The van der Waals surface area contributed by atoms with Gasteiger partial charge >= 0.3 is 17.9 Å². The molecule has 134 valence electrons. The van der Waals surface area contributed by atoms with Gasteiger partial charge in [0.25, 0.3) is 0 Å². The minimum absolute atomic E-state index is 0.0553. The summed E-state index contributed by atoms with van der Waals surface area (Å²) in [5.41, 5.74) is 5.45. The fourth-order valence-electron chi connectivity index (χ4n) is 1.97. The molecule has 0 aromatic rings. The Kier molecular flexibility index (Phi) is 11.8. The van der Waals surface area contributed by atoms with Gasteiger partial charge in [0, 0.05) is 45.8 Å². The van der Waals surface area contributed by atoms with Crippen LogP contribution in [0, 0.1) is 0 Å². The Morgan fingerprint density at radius 3 is 2.00 bits per heavy atom. The Bertz CT molecular complexity index is 379. The summed E-state index contributed by atoms with van der Waals surface area (Å²) in [5, 5.41) is 32.4. The Morgan fingerprint density at radius 1 is 0.913 bits per heavy atom. The first-order chi connectivity index (χ1) is 10.9. The highest BCUT2D eigenvalue weighted by Gasteiger charge is 2.27. The maximum absolute atomic E-state index is 11.2. The first-order valence-electron chi connectivity index (χ1n) is 7.40. The molecule has 0 aromatic heterocycles. The quantitative estimate of drug-likeness (QED) is 0.181. The molecular formula is C13H26N4O6. The lowest BCUT2D eigenvalue weighted by atomic mass is 10.1. The van der Waals surface area contributed by atoms with Crippen LogP contribution in [0.3, 0.4) is 0 Å². The van der Waals surface area contributed by atoms with E-state index in [2.05, 4.69) is 10.6 Å². The van der Waals surface area contributed by atoms with Crippen LogP contribution in [0.5, 0.6) is 0 Å². The molecule has 0 aliphatic heterocycles. The maximum Gasteiger partial charge on any atom is 0.321 e. The van der Waals surface area contributed by atoms with Crippen molar-refractivity contribution in [1.29, 1.82) is 0 Å². The smallest absolute Gasteiger partial charge is 0.321 e. The molecule has 0 saturated heterocycles. The van der Waals surface area contributed by atoms with Crippen molar-refractivity contribution in [3.05, 3.63) is 0 Å². The molecule has 1 unspecified atom stereocenters. The molecular weight excluding hydrogens is 308 g/mol. The fourth-order valence-corrected chi connectivity index (χ4v) is 1.97. The highest BCUT2D eigenvalue weighted by molar-refractivity contribution is 5.80. The lowest BCUT2D eigenvalue weighted by Crippen LogP contribution is -2.47. The Hall–Kier alpha value is -1.75. The van der Waals surface area contributed by atoms with Crippen LogP contribution in [0.1, 0.15) is 12.8 Å². The summed E-state index contributed by atoms with van der Waals surface area (Å²) in [4.78, 5) is 33.8. The number of nitrogens with zero attached hydrogens (tertiary/aromatic N) is 1. The van der Waals surface area contributed by atoms with Crippen LogP contribution in [-0.2, 0) is 14.4 Å². The number of carboxylic acid groups (broad SMARTS) is 3. The van der Waals surface area contributed by atoms with Crippen molar-refractivity contribution < 1.29 is 29.7 Å². The van der Waals surface area contributed by atoms with Gasteiger partial charge in [0.2, 0.25) is 0 Å². The van der Waals surface area contributed by atoms with E-state index in [4.69, 9.17) is 21.1 Å². The van der Waals surface area contributed by atoms with Crippen LogP contribution in [0.25, 0.3) is 0 Å². The van der Waals surface area contributed by atoms with E-state index < -0.39 is 30.4 Å². The predicted octanol–water partition coefficient (Wildman–Crippen LogP) is -2.17. The molecule has 0 aliphatic rings.